The first-order chi connectivity index (χ1) is 9.11. The summed E-state index contributed by atoms with van der Waals surface area (Å²) in [7, 11) is -3.87. The normalized spacial score (nSPS) is 10.4. The van der Waals surface area contributed by atoms with E-state index in [1.807, 2.05) is 6.07 Å². The molecule has 5 nitrogen and oxygen atoms in total. The molecular formula is C13H8N3O2S+. The fourth-order valence-electron chi connectivity index (χ4n) is 1.61. The van der Waals surface area contributed by atoms with Gasteiger partial charge in [-0.2, -0.15) is 18.9 Å². The van der Waals surface area contributed by atoms with Crippen molar-refractivity contribution in [3.05, 3.63) is 59.9 Å². The van der Waals surface area contributed by atoms with Gasteiger partial charge < -0.3 is 0 Å². The Morgan fingerprint density at radius 2 is 1.63 bits per heavy atom. The summed E-state index contributed by atoms with van der Waals surface area (Å²) >= 11 is 0. The van der Waals surface area contributed by atoms with Crippen LogP contribution in [0.3, 0.4) is 0 Å². The Labute approximate surface area is 110 Å². The number of hydrogen-bond acceptors (Lipinski definition) is 4. The van der Waals surface area contributed by atoms with Crippen LogP contribution >= 0.6 is 0 Å². The minimum absolute atomic E-state index is 0.0418. The van der Waals surface area contributed by atoms with Crippen molar-refractivity contribution in [1.82, 2.24) is 0 Å². The Morgan fingerprint density at radius 3 is 2.21 bits per heavy atom. The molecule has 1 aromatic carbocycles. The van der Waals surface area contributed by atoms with Crippen LogP contribution < -0.4 is 3.97 Å². The third-order valence-electron chi connectivity index (χ3n) is 2.50. The molecule has 0 aliphatic heterocycles. The maximum absolute atomic E-state index is 12.4. The number of nitriles is 2. The molecule has 0 saturated heterocycles. The summed E-state index contributed by atoms with van der Waals surface area (Å²) in [5.74, 6) is 0. The molecule has 0 atom stereocenters. The van der Waals surface area contributed by atoms with E-state index in [2.05, 4.69) is 0 Å². The number of rotatable bonds is 2. The van der Waals surface area contributed by atoms with E-state index in [1.165, 1.54) is 30.6 Å². The summed E-state index contributed by atoms with van der Waals surface area (Å²) < 4.78 is 25.8. The van der Waals surface area contributed by atoms with E-state index in [-0.39, 0.29) is 16.0 Å². The molecule has 0 spiro atoms. The van der Waals surface area contributed by atoms with Gasteiger partial charge in [0.2, 0.25) is 0 Å². The van der Waals surface area contributed by atoms with Gasteiger partial charge in [0.15, 0.2) is 17.3 Å². The monoisotopic (exact) mass is 270 g/mol. The highest BCUT2D eigenvalue weighted by atomic mass is 32.2. The second-order valence-electron chi connectivity index (χ2n) is 3.61. The molecule has 19 heavy (non-hydrogen) atoms. The highest BCUT2D eigenvalue weighted by molar-refractivity contribution is 7.85. The van der Waals surface area contributed by atoms with Crippen LogP contribution in [0, 0.1) is 22.7 Å². The summed E-state index contributed by atoms with van der Waals surface area (Å²) in [4.78, 5) is -0.176. The summed E-state index contributed by atoms with van der Waals surface area (Å²) in [5, 5.41) is 18.0. The lowest BCUT2D eigenvalue weighted by molar-refractivity contribution is -0.511. The SMILES string of the molecule is N#Cc1cccc(S(=O)(=O)[n+]2ccccc2)c1C#N. The maximum Gasteiger partial charge on any atom is 0.401 e. The molecule has 6 heteroatoms. The van der Waals surface area contributed by atoms with E-state index in [9.17, 15) is 8.42 Å². The van der Waals surface area contributed by atoms with Crippen molar-refractivity contribution >= 4 is 10.0 Å². The molecule has 0 bridgehead atoms. The van der Waals surface area contributed by atoms with E-state index in [0.29, 0.717) is 0 Å². The van der Waals surface area contributed by atoms with E-state index in [1.54, 1.807) is 24.3 Å². The summed E-state index contributed by atoms with van der Waals surface area (Å²) in [6.45, 7) is 0. The van der Waals surface area contributed by atoms with Crippen LogP contribution in [0.1, 0.15) is 11.1 Å². The molecular weight excluding hydrogens is 262 g/mol. The Morgan fingerprint density at radius 1 is 0.947 bits per heavy atom. The van der Waals surface area contributed by atoms with Crippen LogP contribution in [-0.2, 0) is 10.0 Å². The molecule has 0 N–H and O–H groups in total. The Balaban J connectivity index is 2.75. The lowest BCUT2D eigenvalue weighted by Gasteiger charge is -2.02. The second-order valence-corrected chi connectivity index (χ2v) is 5.42. The van der Waals surface area contributed by atoms with Crippen molar-refractivity contribution in [3.8, 4) is 12.1 Å². The molecule has 0 radical (unpaired) electrons. The molecule has 0 saturated carbocycles. The smallest absolute Gasteiger partial charge is 0.192 e. The number of pyridine rings is 1. The van der Waals surface area contributed by atoms with Crippen LogP contribution in [0.5, 0.6) is 0 Å². The third-order valence-corrected chi connectivity index (χ3v) is 4.20. The summed E-state index contributed by atoms with van der Waals surface area (Å²) in [5.41, 5.74) is -0.0959. The molecule has 92 valence electrons. The van der Waals surface area contributed by atoms with E-state index >= 15 is 0 Å². The van der Waals surface area contributed by atoms with Crippen molar-refractivity contribution in [2.45, 2.75) is 4.90 Å². The molecule has 1 heterocycles. The molecule has 0 unspecified atom stereocenters. The zero-order chi connectivity index (χ0) is 13.9. The van der Waals surface area contributed by atoms with Crippen LogP contribution in [0.4, 0.5) is 0 Å². The first kappa shape index (κ1) is 12.7. The molecule has 0 aliphatic rings. The van der Waals surface area contributed by atoms with Crippen LogP contribution in [0.25, 0.3) is 0 Å². The lowest BCUT2D eigenvalue weighted by Crippen LogP contribution is -2.42. The highest BCUT2D eigenvalue weighted by Gasteiger charge is 2.29. The van der Waals surface area contributed by atoms with Crippen molar-refractivity contribution in [1.29, 1.82) is 10.5 Å². The van der Waals surface area contributed by atoms with Gasteiger partial charge in [-0.1, -0.05) is 16.1 Å². The van der Waals surface area contributed by atoms with Gasteiger partial charge in [0.25, 0.3) is 0 Å². The topological polar surface area (TPSA) is 85.6 Å². The molecule has 0 aliphatic carbocycles. The zero-order valence-electron chi connectivity index (χ0n) is 9.69. The number of aromatic nitrogens is 1. The quantitative estimate of drug-likeness (QED) is 0.760. The number of benzene rings is 1. The van der Waals surface area contributed by atoms with Gasteiger partial charge in [0, 0.05) is 12.1 Å². The van der Waals surface area contributed by atoms with Gasteiger partial charge in [0.05, 0.1) is 11.1 Å². The summed E-state index contributed by atoms with van der Waals surface area (Å²) in [6, 6.07) is 12.6. The van der Waals surface area contributed by atoms with E-state index in [0.717, 1.165) is 3.97 Å². The predicted molar refractivity (Wildman–Crippen MR) is 65.1 cm³/mol. The maximum atomic E-state index is 12.4. The van der Waals surface area contributed by atoms with Gasteiger partial charge in [-0.25, -0.2) is 0 Å². The highest BCUT2D eigenvalue weighted by Crippen LogP contribution is 2.18. The average Bonchev–Trinajstić information content (AvgIpc) is 2.47. The van der Waals surface area contributed by atoms with E-state index in [4.69, 9.17) is 10.5 Å². The van der Waals surface area contributed by atoms with Crippen LogP contribution in [0.2, 0.25) is 0 Å². The largest absolute Gasteiger partial charge is 0.401 e. The average molecular weight is 270 g/mol. The van der Waals surface area contributed by atoms with Crippen molar-refractivity contribution < 1.29 is 12.4 Å². The molecule has 0 fully saturated rings. The van der Waals surface area contributed by atoms with Gasteiger partial charge in [-0.15, -0.1) is 0 Å². The Hall–Kier alpha value is -2.70. The molecule has 1 aromatic heterocycles. The van der Waals surface area contributed by atoms with Crippen molar-refractivity contribution in [2.24, 2.45) is 0 Å². The van der Waals surface area contributed by atoms with Gasteiger partial charge in [-0.3, -0.25) is 0 Å². The first-order valence-electron chi connectivity index (χ1n) is 5.26. The predicted octanol–water partition coefficient (Wildman–Crippen LogP) is 0.954. The van der Waals surface area contributed by atoms with E-state index < -0.39 is 10.0 Å². The lowest BCUT2D eigenvalue weighted by atomic mass is 10.1. The molecule has 0 amide bonds. The molecule has 2 rings (SSSR count). The minimum atomic E-state index is -3.87. The Bertz CT molecular complexity index is 800. The fraction of sp³-hybridized carbons (Fsp3) is 0. The summed E-state index contributed by atoms with van der Waals surface area (Å²) in [6.07, 6.45) is 2.74. The minimum Gasteiger partial charge on any atom is -0.192 e. The van der Waals surface area contributed by atoms with Crippen molar-refractivity contribution in [3.63, 3.8) is 0 Å². The molecule has 2 aromatic rings. The van der Waals surface area contributed by atoms with Gasteiger partial charge in [-0.05, 0) is 12.1 Å². The van der Waals surface area contributed by atoms with Crippen molar-refractivity contribution in [2.75, 3.05) is 0 Å². The third kappa shape index (κ3) is 2.17. The number of hydrogen-bond donors (Lipinski definition) is 0. The second kappa shape index (κ2) is 4.89. The zero-order valence-corrected chi connectivity index (χ0v) is 10.5. The fourth-order valence-corrected chi connectivity index (χ4v) is 2.96. The number of nitrogens with zero attached hydrogens (tertiary/aromatic N) is 3. The van der Waals surface area contributed by atoms with Gasteiger partial charge >= 0.3 is 10.0 Å². The van der Waals surface area contributed by atoms with Crippen LogP contribution in [0.15, 0.2) is 53.7 Å². The van der Waals surface area contributed by atoms with Gasteiger partial charge in [0.1, 0.15) is 12.1 Å². The standard InChI is InChI=1S/C13H8N3O2S/c14-9-11-5-4-6-13(12(11)10-15)19(17,18)16-7-2-1-3-8-16/h1-8H/q+1. The van der Waals surface area contributed by atoms with Crippen LogP contribution in [-0.4, -0.2) is 8.42 Å². The first-order valence-corrected chi connectivity index (χ1v) is 6.70. The Kier molecular flexibility index (Phi) is 3.28.